The number of carbonyl (C=O) groups is 1. The fourth-order valence-corrected chi connectivity index (χ4v) is 2.08. The molecule has 1 unspecified atom stereocenters. The molecule has 0 aromatic rings. The Labute approximate surface area is 66.5 Å². The van der Waals surface area contributed by atoms with Crippen molar-refractivity contribution in [3.8, 4) is 0 Å². The van der Waals surface area contributed by atoms with Crippen LogP contribution in [0.15, 0.2) is 0 Å². The fourth-order valence-electron chi connectivity index (χ4n) is 0.884. The van der Waals surface area contributed by atoms with Crippen molar-refractivity contribution in [2.75, 3.05) is 6.61 Å². The van der Waals surface area contributed by atoms with Gasteiger partial charge < -0.3 is 10.2 Å². The van der Waals surface area contributed by atoms with Crippen molar-refractivity contribution in [2.45, 2.75) is 12.1 Å². The number of aliphatic hydroxyl groups is 2. The smallest absolute Gasteiger partial charge is 0.393 e. The Hall–Kier alpha value is -0.300. The lowest BCUT2D eigenvalue weighted by Crippen LogP contribution is -2.65. The molecule has 0 aliphatic carbocycles. The minimum Gasteiger partial charge on any atom is -0.393 e. The zero-order valence-electron chi connectivity index (χ0n) is 5.67. The third-order valence-corrected chi connectivity index (χ3v) is 2.87. The maximum Gasteiger partial charge on any atom is 0.489 e. The van der Waals surface area contributed by atoms with Crippen LogP contribution in [0.4, 0.5) is 0 Å². The van der Waals surface area contributed by atoms with Crippen molar-refractivity contribution in [3.63, 3.8) is 0 Å². The molecule has 2 bridgehead atoms. The van der Waals surface area contributed by atoms with Crippen molar-refractivity contribution in [1.29, 1.82) is 0 Å². The summed E-state index contributed by atoms with van der Waals surface area (Å²) in [4.78, 5) is 11.0. The molecule has 3 aliphatic heterocycles. The molecule has 7 nitrogen and oxygen atoms in total. The van der Waals surface area contributed by atoms with Gasteiger partial charge in [0.25, 0.3) is 5.78 Å². The van der Waals surface area contributed by atoms with Crippen molar-refractivity contribution in [2.24, 2.45) is 0 Å². The molecule has 0 aromatic carbocycles. The molecule has 2 N–H and O–H groups in total. The van der Waals surface area contributed by atoms with E-state index in [1.54, 1.807) is 0 Å². The largest absolute Gasteiger partial charge is 0.489 e. The van der Waals surface area contributed by atoms with Crippen LogP contribution >= 0.6 is 7.82 Å². The van der Waals surface area contributed by atoms with E-state index in [0.717, 1.165) is 0 Å². The second kappa shape index (κ2) is 2.14. The second-order valence-electron chi connectivity index (χ2n) is 2.34. The summed E-state index contributed by atoms with van der Waals surface area (Å²) in [6.45, 7) is -0.763. The number of aliphatic hydroxyl groups excluding tert-OH is 2. The average molecular weight is 196 g/mol. The molecule has 68 valence electrons. The number of Topliss-reactive ketones (excluding diaryl/α,β-unsaturated/α-hetero) is 1. The number of hydrogen-bond acceptors (Lipinski definition) is 7. The molecular weight excluding hydrogens is 191 g/mol. The highest BCUT2D eigenvalue weighted by Crippen LogP contribution is 2.80. The van der Waals surface area contributed by atoms with Crippen molar-refractivity contribution >= 4 is 13.6 Å². The Bertz CT molecular complexity index is 259. The molecule has 3 heterocycles. The maximum atomic E-state index is 11.0. The van der Waals surface area contributed by atoms with Gasteiger partial charge in [-0.25, -0.2) is 18.1 Å². The lowest BCUT2D eigenvalue weighted by Gasteiger charge is -2.53. The second-order valence-corrected chi connectivity index (χ2v) is 3.78. The summed E-state index contributed by atoms with van der Waals surface area (Å²) in [7, 11) is -3.41. The van der Waals surface area contributed by atoms with Crippen LogP contribution in [-0.2, 0) is 22.9 Å². The molecule has 0 amide bonds. The predicted molar refractivity (Wildman–Crippen MR) is 31.7 cm³/mol. The molecule has 3 fully saturated rings. The molecule has 12 heavy (non-hydrogen) atoms. The minimum absolute atomic E-state index is 0.763. The van der Waals surface area contributed by atoms with E-state index >= 15 is 0 Å². The molecule has 3 rings (SSSR count). The Balaban J connectivity index is 2.04. The van der Waals surface area contributed by atoms with E-state index in [0.29, 0.717) is 0 Å². The van der Waals surface area contributed by atoms with E-state index in [9.17, 15) is 9.36 Å². The van der Waals surface area contributed by atoms with Crippen molar-refractivity contribution in [1.82, 2.24) is 0 Å². The number of carbonyl (C=O) groups excluding carboxylic acids is 1. The van der Waals surface area contributed by atoms with E-state index in [1.165, 1.54) is 0 Å². The first-order valence-electron chi connectivity index (χ1n) is 3.07. The summed E-state index contributed by atoms with van der Waals surface area (Å²) in [5.74, 6) is -2.99. The van der Waals surface area contributed by atoms with Gasteiger partial charge in [0.05, 0.1) is 6.61 Å². The van der Waals surface area contributed by atoms with Gasteiger partial charge in [-0.3, -0.25) is 4.79 Å². The van der Waals surface area contributed by atoms with Crippen LogP contribution in [0.25, 0.3) is 0 Å². The number of hydrogen-bond donors (Lipinski definition) is 2. The topological polar surface area (TPSA) is 102 Å². The van der Waals surface area contributed by atoms with Crippen LogP contribution in [-0.4, -0.2) is 34.7 Å². The molecular formula is C4H5O7P. The Kier molecular flexibility index (Phi) is 1.48. The molecule has 1 atom stereocenters. The van der Waals surface area contributed by atoms with Crippen LogP contribution in [0.5, 0.6) is 0 Å². The van der Waals surface area contributed by atoms with E-state index in [1.807, 2.05) is 0 Å². The Morgan fingerprint density at radius 3 is 2.33 bits per heavy atom. The Morgan fingerprint density at radius 2 is 2.00 bits per heavy atom. The first kappa shape index (κ1) is 8.31. The van der Waals surface area contributed by atoms with Gasteiger partial charge in [0.15, 0.2) is 0 Å². The minimum atomic E-state index is -3.41. The molecule has 3 saturated heterocycles. The summed E-state index contributed by atoms with van der Waals surface area (Å²) in [6, 6.07) is 0. The quantitative estimate of drug-likeness (QED) is 0.543. The van der Waals surface area contributed by atoms with Crippen LogP contribution in [0, 0.1) is 0 Å². The van der Waals surface area contributed by atoms with Crippen LogP contribution in [0.3, 0.4) is 0 Å². The number of rotatable bonds is 3. The van der Waals surface area contributed by atoms with Gasteiger partial charge in [-0.05, 0) is 0 Å². The molecule has 0 radical (unpaired) electrons. The third kappa shape index (κ3) is 0.832. The highest BCUT2D eigenvalue weighted by Gasteiger charge is 2.79. The predicted octanol–water partition coefficient (Wildman–Crippen LogP) is -1.25. The van der Waals surface area contributed by atoms with Gasteiger partial charge in [0.1, 0.15) is 6.10 Å². The molecule has 3 aliphatic rings. The lowest BCUT2D eigenvalue weighted by atomic mass is 10.2. The molecule has 0 spiro atoms. The first-order chi connectivity index (χ1) is 5.51. The molecule has 0 saturated carbocycles. The summed E-state index contributed by atoms with van der Waals surface area (Å²) >= 11 is 0. The zero-order valence-corrected chi connectivity index (χ0v) is 6.56. The fraction of sp³-hybridized carbons (Fsp3) is 0.750. The van der Waals surface area contributed by atoms with Crippen molar-refractivity contribution < 1.29 is 33.1 Å². The number of phosphoric ester groups is 1. The van der Waals surface area contributed by atoms with Crippen molar-refractivity contribution in [3.05, 3.63) is 0 Å². The average Bonchev–Trinajstić information content (AvgIpc) is 1.94. The van der Waals surface area contributed by atoms with Crippen LogP contribution in [0.1, 0.15) is 0 Å². The summed E-state index contributed by atoms with van der Waals surface area (Å²) in [6.07, 6.45) is -1.64. The highest BCUT2D eigenvalue weighted by atomic mass is 31.2. The van der Waals surface area contributed by atoms with Gasteiger partial charge in [0, 0.05) is 0 Å². The van der Waals surface area contributed by atoms with E-state index in [4.69, 9.17) is 10.2 Å². The third-order valence-electron chi connectivity index (χ3n) is 1.47. The normalized spacial score (nSPS) is 45.8. The zero-order chi connectivity index (χ0) is 8.98. The van der Waals surface area contributed by atoms with Gasteiger partial charge in [0.2, 0.25) is 0 Å². The van der Waals surface area contributed by atoms with Gasteiger partial charge in [-0.1, -0.05) is 0 Å². The standard InChI is InChI=1S/C4H5O7P/c5-1-2(6)3(7)4-9-12(8,10-4)11-4/h2,5-6H,1H2. The van der Waals surface area contributed by atoms with Crippen LogP contribution in [0.2, 0.25) is 0 Å². The summed E-state index contributed by atoms with van der Waals surface area (Å²) in [5.41, 5.74) is 0. The summed E-state index contributed by atoms with van der Waals surface area (Å²) < 4.78 is 23.7. The molecule has 0 aromatic heterocycles. The highest BCUT2D eigenvalue weighted by molar-refractivity contribution is 7.52. The SMILES string of the molecule is O=C(C(O)CO)C12OP(=O)(O1)O2. The van der Waals surface area contributed by atoms with E-state index < -0.39 is 32.3 Å². The summed E-state index contributed by atoms with van der Waals surface area (Å²) in [5, 5.41) is 17.2. The van der Waals surface area contributed by atoms with Crippen LogP contribution < -0.4 is 0 Å². The van der Waals surface area contributed by atoms with Gasteiger partial charge in [-0.2, -0.15) is 0 Å². The van der Waals surface area contributed by atoms with Gasteiger partial charge >= 0.3 is 13.8 Å². The number of ketones is 1. The van der Waals surface area contributed by atoms with E-state index in [2.05, 4.69) is 13.6 Å². The first-order valence-corrected chi connectivity index (χ1v) is 4.53. The van der Waals surface area contributed by atoms with Gasteiger partial charge in [-0.15, -0.1) is 0 Å². The monoisotopic (exact) mass is 196 g/mol. The lowest BCUT2D eigenvalue weighted by molar-refractivity contribution is -0.400. The Morgan fingerprint density at radius 1 is 1.50 bits per heavy atom. The van der Waals surface area contributed by atoms with E-state index in [-0.39, 0.29) is 0 Å². The number of phosphoric acid groups is 1. The molecule has 8 heteroatoms. The maximum absolute atomic E-state index is 11.0.